The number of carbonyl (C=O) groups is 3. The average Bonchev–Trinajstić information content (AvgIpc) is 3.27. The molecule has 0 saturated heterocycles. The molecule has 0 spiro atoms. The Bertz CT molecular complexity index is 2140. The Kier molecular flexibility index (Phi) is 18.3. The van der Waals surface area contributed by atoms with Crippen molar-refractivity contribution in [2.75, 3.05) is 6.61 Å². The van der Waals surface area contributed by atoms with Crippen molar-refractivity contribution in [1.29, 1.82) is 0 Å². The number of aliphatic imine (C=N–C) groups is 2. The van der Waals surface area contributed by atoms with Crippen molar-refractivity contribution in [3.63, 3.8) is 0 Å². The van der Waals surface area contributed by atoms with Gasteiger partial charge in [-0.15, -0.1) is 0 Å². The molecule has 0 fully saturated rings. The maximum absolute atomic E-state index is 12.9. The van der Waals surface area contributed by atoms with Crippen molar-refractivity contribution in [1.82, 2.24) is 0 Å². The van der Waals surface area contributed by atoms with E-state index < -0.39 is 11.9 Å². The van der Waals surface area contributed by atoms with Crippen LogP contribution in [0, 0.1) is 0 Å². The van der Waals surface area contributed by atoms with Gasteiger partial charge in [-0.05, 0) is 122 Å². The maximum atomic E-state index is 12.9. The largest absolute Gasteiger partial charge is 0.494 e. The number of hydrogen-bond acceptors (Lipinski definition) is 9. The third-order valence-electron chi connectivity index (χ3n) is 9.72. The zero-order valence-corrected chi connectivity index (χ0v) is 35.0. The monoisotopic (exact) mass is 808 g/mol. The summed E-state index contributed by atoms with van der Waals surface area (Å²) < 4.78 is 22.6. The summed E-state index contributed by atoms with van der Waals surface area (Å²) in [4.78, 5) is 47.4. The van der Waals surface area contributed by atoms with Gasteiger partial charge in [-0.1, -0.05) is 95.5 Å². The van der Waals surface area contributed by atoms with Crippen LogP contribution in [-0.2, 0) is 4.74 Å². The molecule has 5 rings (SSSR count). The minimum absolute atomic E-state index is 0.125. The molecular weight excluding hydrogens is 753 g/mol. The first-order valence-electron chi connectivity index (χ1n) is 21.2. The standard InChI is InChI=1S/C51H56N2O7/c1-4-6-8-9-10-11-13-34-57-46-32-30-45(31-33-46)53-37-40-20-24-42(25-21-40)51(56)60-48-17-14-16-47(35-48)59-50(55)41-22-18-39(19-23-41)36-52-44-28-26-43(27-29-44)49(54)58-38(3)15-12-7-5-2/h14,16-33,35-38H,4-13,15,34H2,1-3H3. The first-order valence-corrected chi connectivity index (χ1v) is 21.2. The highest BCUT2D eigenvalue weighted by atomic mass is 16.5. The molecule has 60 heavy (non-hydrogen) atoms. The van der Waals surface area contributed by atoms with Gasteiger partial charge in [0, 0.05) is 18.5 Å². The second-order valence-electron chi connectivity index (χ2n) is 14.7. The second kappa shape index (κ2) is 24.5. The summed E-state index contributed by atoms with van der Waals surface area (Å²) in [6.45, 7) is 7.02. The van der Waals surface area contributed by atoms with Gasteiger partial charge < -0.3 is 18.9 Å². The molecule has 0 aliphatic carbocycles. The van der Waals surface area contributed by atoms with Crippen LogP contribution in [-0.4, -0.2) is 43.0 Å². The predicted molar refractivity (Wildman–Crippen MR) is 239 cm³/mol. The van der Waals surface area contributed by atoms with Crippen LogP contribution in [0.4, 0.5) is 11.4 Å². The van der Waals surface area contributed by atoms with Crippen molar-refractivity contribution in [2.45, 2.75) is 97.5 Å². The Morgan fingerprint density at radius 3 is 1.50 bits per heavy atom. The number of rotatable bonds is 23. The van der Waals surface area contributed by atoms with Gasteiger partial charge in [-0.3, -0.25) is 9.98 Å². The molecule has 0 N–H and O–H groups in total. The minimum atomic E-state index is -0.565. The van der Waals surface area contributed by atoms with E-state index >= 15 is 0 Å². The Hall–Kier alpha value is -6.35. The van der Waals surface area contributed by atoms with Gasteiger partial charge in [0.1, 0.15) is 17.2 Å². The molecule has 312 valence electrons. The summed E-state index contributed by atoms with van der Waals surface area (Å²) in [6, 6.07) is 34.7. The Balaban J connectivity index is 1.05. The molecule has 5 aromatic carbocycles. The van der Waals surface area contributed by atoms with Crippen molar-refractivity contribution < 1.29 is 33.3 Å². The molecule has 5 aromatic rings. The van der Waals surface area contributed by atoms with Gasteiger partial charge in [0.05, 0.1) is 40.8 Å². The molecule has 1 atom stereocenters. The molecule has 9 heteroatoms. The molecule has 0 bridgehead atoms. The Labute approximate surface area is 354 Å². The fraction of sp³-hybridized carbons (Fsp3) is 0.314. The maximum Gasteiger partial charge on any atom is 0.343 e. The summed E-state index contributed by atoms with van der Waals surface area (Å²) in [5.41, 5.74) is 4.25. The summed E-state index contributed by atoms with van der Waals surface area (Å²) in [7, 11) is 0. The second-order valence-corrected chi connectivity index (χ2v) is 14.7. The number of hydrogen-bond donors (Lipinski definition) is 0. The van der Waals surface area contributed by atoms with E-state index in [-0.39, 0.29) is 23.6 Å². The number of esters is 3. The molecule has 0 amide bonds. The minimum Gasteiger partial charge on any atom is -0.494 e. The number of carbonyl (C=O) groups excluding carboxylic acids is 3. The van der Waals surface area contributed by atoms with Crippen LogP contribution in [0.15, 0.2) is 131 Å². The predicted octanol–water partition coefficient (Wildman–Crippen LogP) is 12.9. The zero-order valence-electron chi connectivity index (χ0n) is 35.0. The molecule has 9 nitrogen and oxygen atoms in total. The van der Waals surface area contributed by atoms with E-state index in [1.165, 1.54) is 44.6 Å². The van der Waals surface area contributed by atoms with E-state index in [2.05, 4.69) is 23.8 Å². The van der Waals surface area contributed by atoms with E-state index in [4.69, 9.17) is 18.9 Å². The lowest BCUT2D eigenvalue weighted by molar-refractivity contribution is 0.0319. The van der Waals surface area contributed by atoms with Crippen LogP contribution in [0.25, 0.3) is 0 Å². The molecule has 0 aliphatic rings. The van der Waals surface area contributed by atoms with Gasteiger partial charge >= 0.3 is 17.9 Å². The first kappa shape index (κ1) is 44.7. The molecule has 1 unspecified atom stereocenters. The van der Waals surface area contributed by atoms with Crippen molar-refractivity contribution in [3.8, 4) is 17.2 Å². The van der Waals surface area contributed by atoms with Crippen LogP contribution in [0.1, 0.15) is 134 Å². The lowest BCUT2D eigenvalue weighted by Gasteiger charge is -2.13. The van der Waals surface area contributed by atoms with E-state index in [0.717, 1.165) is 61.3 Å². The Morgan fingerprint density at radius 1 is 0.517 bits per heavy atom. The SMILES string of the molecule is CCCCCCCCCOc1ccc(N=Cc2ccc(C(=O)Oc3cccc(OC(=O)c4ccc(C=Nc5ccc(C(=O)OC(C)CCCCC)cc5)cc4)c3)cc2)cc1. The third kappa shape index (κ3) is 15.4. The van der Waals surface area contributed by atoms with Crippen LogP contribution >= 0.6 is 0 Å². The lowest BCUT2D eigenvalue weighted by Crippen LogP contribution is -2.14. The van der Waals surface area contributed by atoms with Crippen LogP contribution in [0.2, 0.25) is 0 Å². The summed E-state index contributed by atoms with van der Waals surface area (Å²) in [5, 5.41) is 0. The van der Waals surface area contributed by atoms with Crippen LogP contribution < -0.4 is 14.2 Å². The third-order valence-corrected chi connectivity index (χ3v) is 9.72. The van der Waals surface area contributed by atoms with E-state index in [1.807, 2.05) is 31.2 Å². The molecule has 0 aromatic heterocycles. The van der Waals surface area contributed by atoms with Crippen LogP contribution in [0.3, 0.4) is 0 Å². The highest BCUT2D eigenvalue weighted by molar-refractivity contribution is 5.94. The lowest BCUT2D eigenvalue weighted by atomic mass is 10.1. The highest BCUT2D eigenvalue weighted by Crippen LogP contribution is 2.23. The summed E-state index contributed by atoms with van der Waals surface area (Å²) >= 11 is 0. The van der Waals surface area contributed by atoms with E-state index in [0.29, 0.717) is 22.4 Å². The first-order chi connectivity index (χ1) is 29.3. The normalized spacial score (nSPS) is 11.7. The fourth-order valence-corrected chi connectivity index (χ4v) is 6.19. The van der Waals surface area contributed by atoms with Crippen molar-refractivity contribution >= 4 is 41.7 Å². The fourth-order valence-electron chi connectivity index (χ4n) is 6.19. The summed E-state index contributed by atoms with van der Waals surface area (Å²) in [5.74, 6) is -0.153. The summed E-state index contributed by atoms with van der Waals surface area (Å²) in [6.07, 6.45) is 16.2. The number of ether oxygens (including phenoxy) is 4. The van der Waals surface area contributed by atoms with Gasteiger partial charge in [0.15, 0.2) is 0 Å². The van der Waals surface area contributed by atoms with Crippen LogP contribution in [0.5, 0.6) is 17.2 Å². The zero-order chi connectivity index (χ0) is 42.4. The van der Waals surface area contributed by atoms with Gasteiger partial charge in [0.25, 0.3) is 0 Å². The highest BCUT2D eigenvalue weighted by Gasteiger charge is 2.14. The van der Waals surface area contributed by atoms with Gasteiger partial charge in [0.2, 0.25) is 0 Å². The molecule has 0 saturated carbocycles. The molecule has 0 heterocycles. The average molecular weight is 809 g/mol. The van der Waals surface area contributed by atoms with Gasteiger partial charge in [-0.25, -0.2) is 14.4 Å². The molecule has 0 aliphatic heterocycles. The van der Waals surface area contributed by atoms with E-state index in [1.54, 1.807) is 103 Å². The number of nitrogens with zero attached hydrogens (tertiary/aromatic N) is 2. The van der Waals surface area contributed by atoms with Crippen molar-refractivity contribution in [3.05, 3.63) is 149 Å². The molecule has 0 radical (unpaired) electrons. The molecular formula is C51H56N2O7. The quantitative estimate of drug-likeness (QED) is 0.0279. The number of unbranched alkanes of at least 4 members (excludes halogenated alkanes) is 8. The Morgan fingerprint density at radius 2 is 0.967 bits per heavy atom. The smallest absolute Gasteiger partial charge is 0.343 e. The number of benzene rings is 5. The van der Waals surface area contributed by atoms with Gasteiger partial charge in [-0.2, -0.15) is 0 Å². The topological polar surface area (TPSA) is 113 Å². The van der Waals surface area contributed by atoms with E-state index in [9.17, 15) is 14.4 Å². The van der Waals surface area contributed by atoms with Crippen molar-refractivity contribution in [2.24, 2.45) is 9.98 Å².